The third kappa shape index (κ3) is 4.68. The number of nitrogens with one attached hydrogen (secondary N) is 1. The Balaban J connectivity index is 1.89. The molecule has 2 atom stereocenters. The highest BCUT2D eigenvalue weighted by Crippen LogP contribution is 2.27. The van der Waals surface area contributed by atoms with E-state index < -0.39 is 0 Å². The smallest absolute Gasteiger partial charge is 0.236 e. The molecule has 4 heteroatoms. The highest BCUT2D eigenvalue weighted by Gasteiger charge is 2.34. The molecule has 0 aromatic carbocycles. The van der Waals surface area contributed by atoms with Gasteiger partial charge in [-0.3, -0.25) is 9.69 Å². The number of likely N-dealkylation sites (tertiary alicyclic amines) is 1. The molecule has 1 aliphatic heterocycles. The van der Waals surface area contributed by atoms with E-state index in [1.165, 1.54) is 38.5 Å². The molecule has 0 spiro atoms. The quantitative estimate of drug-likeness (QED) is 0.746. The Labute approximate surface area is 130 Å². The van der Waals surface area contributed by atoms with Gasteiger partial charge in [0.25, 0.3) is 0 Å². The number of nitrogens with zero attached hydrogens (tertiary/aromatic N) is 2. The fourth-order valence-electron chi connectivity index (χ4n) is 3.58. The molecule has 0 radical (unpaired) electrons. The first-order valence-electron chi connectivity index (χ1n) is 8.94. The Morgan fingerprint density at radius 2 is 2.05 bits per heavy atom. The van der Waals surface area contributed by atoms with Crippen LogP contribution in [0.2, 0.25) is 0 Å². The number of likely N-dealkylation sites (N-methyl/N-ethyl adjacent to an activating group) is 1. The first kappa shape index (κ1) is 16.8. The van der Waals surface area contributed by atoms with E-state index in [2.05, 4.69) is 35.9 Å². The lowest BCUT2D eigenvalue weighted by atomic mass is 9.96. The van der Waals surface area contributed by atoms with E-state index in [4.69, 9.17) is 0 Å². The maximum Gasteiger partial charge on any atom is 0.236 e. The molecule has 2 aliphatic rings. The minimum Gasteiger partial charge on any atom is -0.339 e. The Bertz CT molecular complexity index is 330. The van der Waals surface area contributed by atoms with Crippen molar-refractivity contribution >= 4 is 5.91 Å². The van der Waals surface area contributed by atoms with Gasteiger partial charge in [-0.05, 0) is 59.0 Å². The summed E-state index contributed by atoms with van der Waals surface area (Å²) in [5.41, 5.74) is 0. The first-order valence-corrected chi connectivity index (χ1v) is 8.94. The summed E-state index contributed by atoms with van der Waals surface area (Å²) >= 11 is 0. The number of carbonyl (C=O) groups is 1. The van der Waals surface area contributed by atoms with Crippen molar-refractivity contribution in [3.63, 3.8) is 0 Å². The van der Waals surface area contributed by atoms with Crippen LogP contribution in [0.25, 0.3) is 0 Å². The zero-order valence-electron chi connectivity index (χ0n) is 14.1. The summed E-state index contributed by atoms with van der Waals surface area (Å²) in [6.45, 7) is 10.2. The number of hydrogen-bond donors (Lipinski definition) is 1. The van der Waals surface area contributed by atoms with E-state index >= 15 is 0 Å². The highest BCUT2D eigenvalue weighted by molar-refractivity contribution is 5.79. The Morgan fingerprint density at radius 1 is 1.29 bits per heavy atom. The molecule has 1 amide bonds. The van der Waals surface area contributed by atoms with Crippen molar-refractivity contribution in [2.45, 2.75) is 77.4 Å². The average molecular weight is 295 g/mol. The molecule has 122 valence electrons. The second kappa shape index (κ2) is 8.14. The molecule has 0 aromatic heterocycles. The maximum absolute atomic E-state index is 12.6. The van der Waals surface area contributed by atoms with Crippen molar-refractivity contribution in [1.82, 2.24) is 15.1 Å². The van der Waals surface area contributed by atoms with Crippen molar-refractivity contribution in [1.29, 1.82) is 0 Å². The zero-order valence-corrected chi connectivity index (χ0v) is 14.1. The van der Waals surface area contributed by atoms with Crippen molar-refractivity contribution < 1.29 is 4.79 Å². The van der Waals surface area contributed by atoms with E-state index in [1.54, 1.807) is 0 Å². The van der Waals surface area contributed by atoms with Gasteiger partial charge in [0.15, 0.2) is 0 Å². The minimum atomic E-state index is 0.342. The fourth-order valence-corrected chi connectivity index (χ4v) is 3.58. The van der Waals surface area contributed by atoms with Crippen LogP contribution in [0, 0.1) is 0 Å². The third-order valence-corrected chi connectivity index (χ3v) is 4.94. The van der Waals surface area contributed by atoms with Crippen LogP contribution in [-0.2, 0) is 4.79 Å². The number of amides is 1. The third-order valence-electron chi connectivity index (χ3n) is 4.94. The van der Waals surface area contributed by atoms with Gasteiger partial charge in [-0.2, -0.15) is 0 Å². The number of hydrogen-bond acceptors (Lipinski definition) is 3. The summed E-state index contributed by atoms with van der Waals surface area (Å²) in [5.74, 6) is 0.342. The van der Waals surface area contributed by atoms with Gasteiger partial charge in [-0.15, -0.1) is 0 Å². The molecule has 0 aromatic rings. The molecule has 1 aliphatic carbocycles. The largest absolute Gasteiger partial charge is 0.339 e. The van der Waals surface area contributed by atoms with Crippen molar-refractivity contribution in [3.8, 4) is 0 Å². The fraction of sp³-hybridized carbons (Fsp3) is 0.941. The van der Waals surface area contributed by atoms with E-state index in [9.17, 15) is 4.79 Å². The number of piperidine rings is 1. The predicted molar refractivity (Wildman–Crippen MR) is 87.4 cm³/mol. The zero-order chi connectivity index (χ0) is 15.2. The van der Waals surface area contributed by atoms with Crippen LogP contribution in [0.4, 0.5) is 0 Å². The van der Waals surface area contributed by atoms with Gasteiger partial charge in [-0.25, -0.2) is 0 Å². The predicted octanol–water partition coefficient (Wildman–Crippen LogP) is 2.24. The molecule has 2 unspecified atom stereocenters. The topological polar surface area (TPSA) is 35.6 Å². The summed E-state index contributed by atoms with van der Waals surface area (Å²) in [6.07, 6.45) is 7.34. The van der Waals surface area contributed by atoms with E-state index in [-0.39, 0.29) is 0 Å². The van der Waals surface area contributed by atoms with E-state index in [0.717, 1.165) is 19.6 Å². The molecular weight excluding hydrogens is 262 g/mol. The van der Waals surface area contributed by atoms with Crippen molar-refractivity contribution in [2.24, 2.45) is 0 Å². The van der Waals surface area contributed by atoms with Gasteiger partial charge in [0.2, 0.25) is 5.91 Å². The van der Waals surface area contributed by atoms with Gasteiger partial charge in [0, 0.05) is 24.7 Å². The number of carbonyl (C=O) groups excluding carboxylic acids is 1. The SMILES string of the molecule is CCCNC(C)C1CCCCN1CC(=O)N(CC)C1CC1. The lowest BCUT2D eigenvalue weighted by molar-refractivity contribution is -0.133. The minimum absolute atomic E-state index is 0.342. The lowest BCUT2D eigenvalue weighted by Gasteiger charge is -2.40. The van der Waals surface area contributed by atoms with Crippen LogP contribution in [0.3, 0.4) is 0 Å². The lowest BCUT2D eigenvalue weighted by Crippen LogP contribution is -2.54. The molecule has 2 rings (SSSR count). The summed E-state index contributed by atoms with van der Waals surface area (Å²) in [6, 6.07) is 1.54. The van der Waals surface area contributed by atoms with Crippen LogP contribution in [0.15, 0.2) is 0 Å². The summed E-state index contributed by atoms with van der Waals surface area (Å²) in [5, 5.41) is 3.62. The number of rotatable bonds is 8. The van der Waals surface area contributed by atoms with Gasteiger partial charge in [0.05, 0.1) is 6.54 Å². The van der Waals surface area contributed by atoms with Gasteiger partial charge in [-0.1, -0.05) is 13.3 Å². The normalized spacial score (nSPS) is 24.8. The van der Waals surface area contributed by atoms with Crippen LogP contribution in [0.5, 0.6) is 0 Å². The Kier molecular flexibility index (Phi) is 6.49. The molecule has 21 heavy (non-hydrogen) atoms. The molecule has 1 heterocycles. The van der Waals surface area contributed by atoms with Crippen LogP contribution < -0.4 is 5.32 Å². The Hall–Kier alpha value is -0.610. The molecular formula is C17H33N3O. The van der Waals surface area contributed by atoms with Crippen LogP contribution in [0.1, 0.15) is 59.3 Å². The van der Waals surface area contributed by atoms with Crippen LogP contribution in [-0.4, -0.2) is 60.0 Å². The summed E-state index contributed by atoms with van der Waals surface area (Å²) < 4.78 is 0. The Morgan fingerprint density at radius 3 is 2.67 bits per heavy atom. The maximum atomic E-state index is 12.6. The monoisotopic (exact) mass is 295 g/mol. The molecule has 1 N–H and O–H groups in total. The molecule has 1 saturated carbocycles. The second-order valence-corrected chi connectivity index (χ2v) is 6.69. The van der Waals surface area contributed by atoms with Gasteiger partial charge >= 0.3 is 0 Å². The standard InChI is InChI=1S/C17H33N3O/c1-4-11-18-14(3)16-8-6-7-12-19(16)13-17(21)20(5-2)15-9-10-15/h14-16,18H,4-13H2,1-3H3. The van der Waals surface area contributed by atoms with Crippen molar-refractivity contribution in [2.75, 3.05) is 26.2 Å². The first-order chi connectivity index (χ1) is 10.2. The van der Waals surface area contributed by atoms with Crippen molar-refractivity contribution in [3.05, 3.63) is 0 Å². The van der Waals surface area contributed by atoms with E-state index in [0.29, 0.717) is 30.6 Å². The summed E-state index contributed by atoms with van der Waals surface area (Å²) in [7, 11) is 0. The molecule has 2 fully saturated rings. The van der Waals surface area contributed by atoms with Gasteiger partial charge < -0.3 is 10.2 Å². The molecule has 1 saturated heterocycles. The van der Waals surface area contributed by atoms with E-state index in [1.807, 2.05) is 0 Å². The van der Waals surface area contributed by atoms with Gasteiger partial charge in [0.1, 0.15) is 0 Å². The van der Waals surface area contributed by atoms with Crippen LogP contribution >= 0.6 is 0 Å². The molecule has 0 bridgehead atoms. The average Bonchev–Trinajstić information content (AvgIpc) is 3.31. The summed E-state index contributed by atoms with van der Waals surface area (Å²) in [4.78, 5) is 17.1. The second-order valence-electron chi connectivity index (χ2n) is 6.69. The molecule has 4 nitrogen and oxygen atoms in total. The highest BCUT2D eigenvalue weighted by atomic mass is 16.2.